The summed E-state index contributed by atoms with van der Waals surface area (Å²) < 4.78 is 39.1. The van der Waals surface area contributed by atoms with Gasteiger partial charge in [0.25, 0.3) is 0 Å². The van der Waals surface area contributed by atoms with E-state index >= 15 is 0 Å². The Morgan fingerprint density at radius 3 is 2.29 bits per heavy atom. The zero-order chi connectivity index (χ0) is 20.5. The van der Waals surface area contributed by atoms with E-state index in [-0.39, 0.29) is 11.8 Å². The van der Waals surface area contributed by atoms with Crippen molar-refractivity contribution in [2.45, 2.75) is 19.6 Å². The number of carbonyl (C=O) groups excluding carboxylic acids is 1. The molecule has 0 aromatic heterocycles. The molecule has 0 aliphatic rings. The van der Waals surface area contributed by atoms with E-state index in [1.54, 1.807) is 33.4 Å². The molecule has 0 saturated heterocycles. The summed E-state index contributed by atoms with van der Waals surface area (Å²) in [5.41, 5.74) is 1.81. The number of ether oxygens (including phenoxy) is 3. The van der Waals surface area contributed by atoms with Gasteiger partial charge in [0.05, 0.1) is 14.2 Å². The second-order valence-corrected chi connectivity index (χ2v) is 6.05. The first-order chi connectivity index (χ1) is 13.4. The van der Waals surface area contributed by atoms with E-state index in [1.807, 2.05) is 18.2 Å². The number of methoxy groups -OCH3 is 2. The maximum atomic E-state index is 12.2. The molecule has 0 heterocycles. The van der Waals surface area contributed by atoms with E-state index < -0.39 is 6.61 Å². The minimum absolute atomic E-state index is 0.0841. The van der Waals surface area contributed by atoms with Crippen LogP contribution >= 0.6 is 0 Å². The summed E-state index contributed by atoms with van der Waals surface area (Å²) in [4.78, 5) is 13.7. The molecule has 1 N–H and O–H groups in total. The highest BCUT2D eigenvalue weighted by molar-refractivity contribution is 5.73. The van der Waals surface area contributed by atoms with Crippen molar-refractivity contribution in [2.75, 3.05) is 27.8 Å². The van der Waals surface area contributed by atoms with Crippen LogP contribution in [0.4, 0.5) is 13.6 Å². The monoisotopic (exact) mass is 394 g/mol. The molecular formula is C20H24F2N2O4. The first-order valence-corrected chi connectivity index (χ1v) is 8.66. The number of halogens is 2. The zero-order valence-electron chi connectivity index (χ0n) is 16.1. The van der Waals surface area contributed by atoms with Crippen LogP contribution in [0.2, 0.25) is 0 Å². The highest BCUT2D eigenvalue weighted by Crippen LogP contribution is 2.27. The average molecular weight is 394 g/mol. The highest BCUT2D eigenvalue weighted by atomic mass is 19.3. The number of carbonyl (C=O) groups is 1. The normalized spacial score (nSPS) is 10.5. The Bertz CT molecular complexity index is 769. The van der Waals surface area contributed by atoms with Gasteiger partial charge in [-0.15, -0.1) is 0 Å². The smallest absolute Gasteiger partial charge is 0.387 e. The van der Waals surface area contributed by atoms with Crippen LogP contribution in [0.5, 0.6) is 17.2 Å². The van der Waals surface area contributed by atoms with E-state index in [2.05, 4.69) is 10.1 Å². The summed E-state index contributed by atoms with van der Waals surface area (Å²) in [5, 5.41) is 2.85. The Labute approximate surface area is 163 Å². The summed E-state index contributed by atoms with van der Waals surface area (Å²) in [6.45, 7) is -2.05. The summed E-state index contributed by atoms with van der Waals surface area (Å²) in [6.07, 6.45) is 0.638. The average Bonchev–Trinajstić information content (AvgIpc) is 2.68. The van der Waals surface area contributed by atoms with Crippen molar-refractivity contribution in [1.82, 2.24) is 10.2 Å². The molecule has 0 atom stereocenters. The molecule has 0 bridgehead atoms. The molecule has 6 nitrogen and oxygen atoms in total. The van der Waals surface area contributed by atoms with Gasteiger partial charge in [0.15, 0.2) is 11.5 Å². The lowest BCUT2D eigenvalue weighted by Crippen LogP contribution is -2.37. The topological polar surface area (TPSA) is 60.0 Å². The molecule has 0 fully saturated rings. The molecule has 0 aliphatic heterocycles. The predicted molar refractivity (Wildman–Crippen MR) is 101 cm³/mol. The van der Waals surface area contributed by atoms with Crippen LogP contribution in [0.3, 0.4) is 0 Å². The van der Waals surface area contributed by atoms with Crippen molar-refractivity contribution in [3.8, 4) is 17.2 Å². The minimum Gasteiger partial charge on any atom is -0.493 e. The van der Waals surface area contributed by atoms with E-state index in [0.29, 0.717) is 31.0 Å². The number of nitrogens with one attached hydrogen (secondary N) is 1. The first kappa shape index (κ1) is 21.3. The summed E-state index contributed by atoms with van der Waals surface area (Å²) in [7, 11) is 4.81. The van der Waals surface area contributed by atoms with Gasteiger partial charge in [-0.05, 0) is 41.8 Å². The van der Waals surface area contributed by atoms with Crippen LogP contribution in [0.1, 0.15) is 11.1 Å². The number of rotatable bonds is 9. The number of hydrogen-bond donors (Lipinski definition) is 1. The molecule has 2 amide bonds. The standard InChI is InChI=1S/C20H24F2N2O4/c1-24(13-15-4-7-16(8-5-15)28-19(21)22)20(25)23-11-10-14-6-9-17(26-2)18(12-14)27-3/h4-9,12,19H,10-11,13H2,1-3H3,(H,23,25). The van der Waals surface area contributed by atoms with Crippen LogP contribution in [0, 0.1) is 0 Å². The summed E-state index contributed by atoms with van der Waals surface area (Å²) in [5.74, 6) is 1.38. The summed E-state index contributed by atoms with van der Waals surface area (Å²) >= 11 is 0. The lowest BCUT2D eigenvalue weighted by molar-refractivity contribution is -0.0498. The second kappa shape index (κ2) is 10.3. The zero-order valence-corrected chi connectivity index (χ0v) is 16.1. The number of hydrogen-bond acceptors (Lipinski definition) is 4. The Morgan fingerprint density at radius 1 is 1.04 bits per heavy atom. The molecule has 0 saturated carbocycles. The largest absolute Gasteiger partial charge is 0.493 e. The van der Waals surface area contributed by atoms with Gasteiger partial charge >= 0.3 is 12.6 Å². The Kier molecular flexibility index (Phi) is 7.86. The molecule has 2 aromatic rings. The molecule has 2 aromatic carbocycles. The fraction of sp³-hybridized carbons (Fsp3) is 0.350. The Balaban J connectivity index is 1.81. The molecule has 28 heavy (non-hydrogen) atoms. The predicted octanol–water partition coefficient (Wildman–Crippen LogP) is 3.69. The third-order valence-electron chi connectivity index (χ3n) is 4.05. The SMILES string of the molecule is COc1ccc(CCNC(=O)N(C)Cc2ccc(OC(F)F)cc2)cc1OC. The van der Waals surface area contributed by atoms with Gasteiger partial charge in [-0.25, -0.2) is 4.79 Å². The molecule has 0 unspecified atom stereocenters. The lowest BCUT2D eigenvalue weighted by Gasteiger charge is -2.18. The fourth-order valence-corrected chi connectivity index (χ4v) is 2.61. The first-order valence-electron chi connectivity index (χ1n) is 8.66. The van der Waals surface area contributed by atoms with Gasteiger partial charge in [0.2, 0.25) is 0 Å². The van der Waals surface area contributed by atoms with Crippen LogP contribution in [-0.4, -0.2) is 45.4 Å². The Morgan fingerprint density at radius 2 is 1.68 bits per heavy atom. The summed E-state index contributed by atoms with van der Waals surface area (Å²) in [6, 6.07) is 11.6. The molecule has 0 radical (unpaired) electrons. The van der Waals surface area contributed by atoms with Crippen LogP contribution in [-0.2, 0) is 13.0 Å². The van der Waals surface area contributed by atoms with E-state index in [9.17, 15) is 13.6 Å². The quantitative estimate of drug-likeness (QED) is 0.705. The molecule has 8 heteroatoms. The number of alkyl halides is 2. The van der Waals surface area contributed by atoms with E-state index in [1.165, 1.54) is 17.0 Å². The number of benzene rings is 2. The van der Waals surface area contributed by atoms with Gasteiger partial charge in [-0.2, -0.15) is 8.78 Å². The van der Waals surface area contributed by atoms with Gasteiger partial charge in [-0.3, -0.25) is 0 Å². The molecule has 0 spiro atoms. The van der Waals surface area contributed by atoms with Gasteiger partial charge < -0.3 is 24.4 Å². The molecule has 152 valence electrons. The van der Waals surface area contributed by atoms with Crippen LogP contribution in [0.15, 0.2) is 42.5 Å². The molecular weight excluding hydrogens is 370 g/mol. The van der Waals surface area contributed by atoms with Gasteiger partial charge in [-0.1, -0.05) is 18.2 Å². The Hall–Kier alpha value is -3.03. The van der Waals surface area contributed by atoms with Crippen molar-refractivity contribution in [3.05, 3.63) is 53.6 Å². The van der Waals surface area contributed by atoms with Gasteiger partial charge in [0, 0.05) is 20.1 Å². The lowest BCUT2D eigenvalue weighted by atomic mass is 10.1. The molecule has 0 aliphatic carbocycles. The van der Waals surface area contributed by atoms with E-state index in [0.717, 1.165) is 11.1 Å². The number of nitrogens with zero attached hydrogens (tertiary/aromatic N) is 1. The third kappa shape index (κ3) is 6.29. The second-order valence-electron chi connectivity index (χ2n) is 6.05. The highest BCUT2D eigenvalue weighted by Gasteiger charge is 2.10. The van der Waals surface area contributed by atoms with E-state index in [4.69, 9.17) is 9.47 Å². The minimum atomic E-state index is -2.86. The van der Waals surface area contributed by atoms with Crippen LogP contribution < -0.4 is 19.5 Å². The number of urea groups is 1. The van der Waals surface area contributed by atoms with Crippen molar-refractivity contribution in [2.24, 2.45) is 0 Å². The van der Waals surface area contributed by atoms with Crippen molar-refractivity contribution in [1.29, 1.82) is 0 Å². The maximum Gasteiger partial charge on any atom is 0.387 e. The maximum absolute atomic E-state index is 12.2. The van der Waals surface area contributed by atoms with Crippen molar-refractivity contribution in [3.63, 3.8) is 0 Å². The van der Waals surface area contributed by atoms with Gasteiger partial charge in [0.1, 0.15) is 5.75 Å². The van der Waals surface area contributed by atoms with Crippen molar-refractivity contribution >= 4 is 6.03 Å². The van der Waals surface area contributed by atoms with Crippen molar-refractivity contribution < 1.29 is 27.8 Å². The molecule has 2 rings (SSSR count). The number of amides is 2. The van der Waals surface area contributed by atoms with Crippen LogP contribution in [0.25, 0.3) is 0 Å². The fourth-order valence-electron chi connectivity index (χ4n) is 2.61. The third-order valence-corrected chi connectivity index (χ3v) is 4.05.